The van der Waals surface area contributed by atoms with E-state index in [0.29, 0.717) is 33.5 Å². The number of halogens is 2. The number of carbonyl (C=O) groups excluding carboxylic acids is 2. The summed E-state index contributed by atoms with van der Waals surface area (Å²) in [4.78, 5) is 29.5. The first-order valence-electron chi connectivity index (χ1n) is 15.6. The molecule has 11 heteroatoms. The topological polar surface area (TPSA) is 96.0 Å². The van der Waals surface area contributed by atoms with Crippen LogP contribution in [0.3, 0.4) is 0 Å². The van der Waals surface area contributed by atoms with Crippen LogP contribution in [0.25, 0.3) is 0 Å². The lowest BCUT2D eigenvalue weighted by atomic mass is 10.1. The third-order valence-electron chi connectivity index (χ3n) is 8.14. The van der Waals surface area contributed by atoms with E-state index >= 15 is 0 Å². The number of nitrogens with zero attached hydrogens (tertiary/aromatic N) is 2. The standard InChI is InChI=1S/C36H37Cl2N3O5S/c1-2-34(36(43)39-27-11-9-10-12-27)40(24-26-17-22-32(37)33(38)23-26)35(42)25-41(47(44,45)31-15-7-4-8-16-31)28-18-20-30(21-19-28)46-29-13-5-3-6-14-29/h3-8,13-23,27,34H,2,9-12,24-25H2,1H3,(H,39,43). The summed E-state index contributed by atoms with van der Waals surface area (Å²) >= 11 is 12.5. The quantitative estimate of drug-likeness (QED) is 0.154. The van der Waals surface area contributed by atoms with Crippen LogP contribution in [-0.4, -0.2) is 43.8 Å². The summed E-state index contributed by atoms with van der Waals surface area (Å²) in [6.07, 6.45) is 4.17. The molecule has 0 heterocycles. The van der Waals surface area contributed by atoms with E-state index in [1.165, 1.54) is 17.0 Å². The number of para-hydroxylation sites is 1. The molecule has 47 heavy (non-hydrogen) atoms. The van der Waals surface area contributed by atoms with Crippen LogP contribution < -0.4 is 14.4 Å². The van der Waals surface area contributed by atoms with E-state index in [1.54, 1.807) is 60.7 Å². The summed E-state index contributed by atoms with van der Waals surface area (Å²) in [6, 6.07) is 27.9. The van der Waals surface area contributed by atoms with E-state index < -0.39 is 28.5 Å². The van der Waals surface area contributed by atoms with E-state index in [4.69, 9.17) is 27.9 Å². The van der Waals surface area contributed by atoms with Crippen LogP contribution in [-0.2, 0) is 26.2 Å². The van der Waals surface area contributed by atoms with E-state index in [9.17, 15) is 18.0 Å². The summed E-state index contributed by atoms with van der Waals surface area (Å²) in [6.45, 7) is 1.30. The van der Waals surface area contributed by atoms with E-state index in [-0.39, 0.29) is 29.1 Å². The monoisotopic (exact) mass is 693 g/mol. The average Bonchev–Trinajstić information content (AvgIpc) is 3.59. The highest BCUT2D eigenvalue weighted by Crippen LogP contribution is 2.29. The predicted octanol–water partition coefficient (Wildman–Crippen LogP) is 7.85. The SMILES string of the molecule is CCC(C(=O)NC1CCCC1)N(Cc1ccc(Cl)c(Cl)c1)C(=O)CN(c1ccc(Oc2ccccc2)cc1)S(=O)(=O)c1ccccc1. The van der Waals surface area contributed by atoms with Crippen molar-refractivity contribution in [2.45, 2.75) is 62.6 Å². The Kier molecular flexibility index (Phi) is 11.4. The number of sulfonamides is 1. The smallest absolute Gasteiger partial charge is 0.264 e. The second-order valence-electron chi connectivity index (χ2n) is 11.4. The Hall–Kier alpha value is -4.05. The van der Waals surface area contributed by atoms with Gasteiger partial charge in [-0.1, -0.05) is 85.4 Å². The number of nitrogens with one attached hydrogen (secondary N) is 1. The maximum absolute atomic E-state index is 14.4. The van der Waals surface area contributed by atoms with Crippen molar-refractivity contribution >= 4 is 50.7 Å². The molecular weight excluding hydrogens is 657 g/mol. The molecular formula is C36H37Cl2N3O5S. The van der Waals surface area contributed by atoms with Crippen LogP contribution >= 0.6 is 23.2 Å². The van der Waals surface area contributed by atoms with Crippen molar-refractivity contribution in [3.63, 3.8) is 0 Å². The fourth-order valence-electron chi connectivity index (χ4n) is 5.68. The van der Waals surface area contributed by atoms with Crippen LogP contribution in [0.2, 0.25) is 10.0 Å². The molecule has 4 aromatic rings. The van der Waals surface area contributed by atoms with Crippen molar-refractivity contribution in [3.05, 3.63) is 119 Å². The fourth-order valence-corrected chi connectivity index (χ4v) is 7.43. The summed E-state index contributed by atoms with van der Waals surface area (Å²) in [5, 5.41) is 3.78. The Balaban J connectivity index is 1.49. The van der Waals surface area contributed by atoms with Crippen molar-refractivity contribution < 1.29 is 22.7 Å². The van der Waals surface area contributed by atoms with Gasteiger partial charge in [0.15, 0.2) is 0 Å². The minimum Gasteiger partial charge on any atom is -0.457 e. The van der Waals surface area contributed by atoms with E-state index in [2.05, 4.69) is 5.32 Å². The summed E-state index contributed by atoms with van der Waals surface area (Å²) in [5.41, 5.74) is 0.917. The fraction of sp³-hybridized carbons (Fsp3) is 0.278. The molecule has 246 valence electrons. The zero-order valence-electron chi connectivity index (χ0n) is 26.0. The number of amides is 2. The van der Waals surface area contributed by atoms with Crippen LogP contribution in [0.15, 0.2) is 108 Å². The Bertz CT molecular complexity index is 1770. The Morgan fingerprint density at radius 2 is 1.47 bits per heavy atom. The summed E-state index contributed by atoms with van der Waals surface area (Å²) < 4.78 is 35.2. The van der Waals surface area contributed by atoms with Gasteiger partial charge in [0, 0.05) is 12.6 Å². The van der Waals surface area contributed by atoms with Crippen LogP contribution in [0.1, 0.15) is 44.6 Å². The number of rotatable bonds is 13. The summed E-state index contributed by atoms with van der Waals surface area (Å²) in [7, 11) is -4.21. The van der Waals surface area contributed by atoms with Crippen molar-refractivity contribution in [2.24, 2.45) is 0 Å². The van der Waals surface area contributed by atoms with Crippen LogP contribution in [0, 0.1) is 0 Å². The maximum Gasteiger partial charge on any atom is 0.264 e. The van der Waals surface area contributed by atoms with E-state index in [1.807, 2.05) is 37.3 Å². The highest BCUT2D eigenvalue weighted by atomic mass is 35.5. The third-order valence-corrected chi connectivity index (χ3v) is 10.7. The van der Waals surface area contributed by atoms with Crippen molar-refractivity contribution in [2.75, 3.05) is 10.8 Å². The lowest BCUT2D eigenvalue weighted by Gasteiger charge is -2.34. The zero-order chi connectivity index (χ0) is 33.4. The number of carbonyl (C=O) groups is 2. The largest absolute Gasteiger partial charge is 0.457 e. The van der Waals surface area contributed by atoms with Gasteiger partial charge >= 0.3 is 0 Å². The van der Waals surface area contributed by atoms with Crippen molar-refractivity contribution in [3.8, 4) is 11.5 Å². The molecule has 2 amide bonds. The van der Waals surface area contributed by atoms with Crippen LogP contribution in [0.4, 0.5) is 5.69 Å². The average molecular weight is 695 g/mol. The molecule has 0 bridgehead atoms. The van der Waals surface area contributed by atoms with Gasteiger partial charge in [-0.25, -0.2) is 8.42 Å². The van der Waals surface area contributed by atoms with Crippen LogP contribution in [0.5, 0.6) is 11.5 Å². The molecule has 0 spiro atoms. The van der Waals surface area contributed by atoms with Gasteiger partial charge in [-0.3, -0.25) is 13.9 Å². The van der Waals surface area contributed by atoms with Gasteiger partial charge in [0.05, 0.1) is 20.6 Å². The Morgan fingerprint density at radius 3 is 2.09 bits per heavy atom. The minimum absolute atomic E-state index is 0.0232. The molecule has 1 unspecified atom stereocenters. The lowest BCUT2D eigenvalue weighted by molar-refractivity contribution is -0.140. The molecule has 4 aromatic carbocycles. The molecule has 1 aliphatic rings. The third kappa shape index (κ3) is 8.66. The first-order chi connectivity index (χ1) is 22.7. The number of ether oxygens (including phenoxy) is 1. The molecule has 1 saturated carbocycles. The Labute approximate surface area is 286 Å². The molecule has 8 nitrogen and oxygen atoms in total. The van der Waals surface area contributed by atoms with E-state index in [0.717, 1.165) is 30.0 Å². The minimum atomic E-state index is -4.21. The van der Waals surface area contributed by atoms with Crippen molar-refractivity contribution in [1.82, 2.24) is 10.2 Å². The number of anilines is 1. The molecule has 1 fully saturated rings. The van der Waals surface area contributed by atoms with Crippen molar-refractivity contribution in [1.29, 1.82) is 0 Å². The molecule has 0 aromatic heterocycles. The molecule has 0 aliphatic heterocycles. The lowest BCUT2D eigenvalue weighted by Crippen LogP contribution is -2.53. The van der Waals surface area contributed by atoms with Gasteiger partial charge in [0.2, 0.25) is 11.8 Å². The van der Waals surface area contributed by atoms with Gasteiger partial charge in [0.1, 0.15) is 24.1 Å². The van der Waals surface area contributed by atoms with Gasteiger partial charge in [-0.15, -0.1) is 0 Å². The van der Waals surface area contributed by atoms with Gasteiger partial charge in [-0.2, -0.15) is 0 Å². The molecule has 1 atom stereocenters. The highest BCUT2D eigenvalue weighted by Gasteiger charge is 2.34. The molecule has 1 N–H and O–H groups in total. The predicted molar refractivity (Wildman–Crippen MR) is 185 cm³/mol. The summed E-state index contributed by atoms with van der Waals surface area (Å²) in [5.74, 6) is 0.309. The molecule has 1 aliphatic carbocycles. The normalized spacial score (nSPS) is 13.9. The first-order valence-corrected chi connectivity index (χ1v) is 17.8. The van der Waals surface area contributed by atoms with Gasteiger partial charge < -0.3 is 15.0 Å². The number of hydrogen-bond donors (Lipinski definition) is 1. The maximum atomic E-state index is 14.4. The second kappa shape index (κ2) is 15.7. The number of benzene rings is 4. The van der Waals surface area contributed by atoms with Gasteiger partial charge in [0.25, 0.3) is 10.0 Å². The molecule has 0 radical (unpaired) electrons. The zero-order valence-corrected chi connectivity index (χ0v) is 28.3. The van der Waals surface area contributed by atoms with Gasteiger partial charge in [-0.05, 0) is 85.5 Å². The Morgan fingerprint density at radius 1 is 0.851 bits per heavy atom. The number of hydrogen-bond acceptors (Lipinski definition) is 5. The molecule has 5 rings (SSSR count). The second-order valence-corrected chi connectivity index (χ2v) is 14.1. The molecule has 0 saturated heterocycles. The highest BCUT2D eigenvalue weighted by molar-refractivity contribution is 7.92. The first kappa shape index (κ1) is 34.3.